The largest absolute Gasteiger partial charge is 0.493 e. The standard InChI is InChI=1S/C26H26FN3O2/c1-18-23(16-29-28-15-20-10-13-25(31-2)26(14-20)32-3)22-6-4-5-7-24(22)30(18)17-19-8-11-21(27)12-9-19/h4-14,16,28H,15,17H2,1-3H3/b29-16-. The first-order valence-corrected chi connectivity index (χ1v) is 10.4. The van der Waals surface area contributed by atoms with Crippen LogP contribution in [0.5, 0.6) is 11.5 Å². The van der Waals surface area contributed by atoms with Crippen LogP contribution in [0.4, 0.5) is 4.39 Å². The summed E-state index contributed by atoms with van der Waals surface area (Å²) >= 11 is 0. The van der Waals surface area contributed by atoms with E-state index in [0.29, 0.717) is 24.6 Å². The molecule has 0 spiro atoms. The highest BCUT2D eigenvalue weighted by molar-refractivity contribution is 6.01. The topological polar surface area (TPSA) is 47.8 Å². The van der Waals surface area contributed by atoms with E-state index in [2.05, 4.69) is 34.2 Å². The summed E-state index contributed by atoms with van der Waals surface area (Å²) in [5.41, 5.74) is 8.48. The van der Waals surface area contributed by atoms with Gasteiger partial charge in [0.25, 0.3) is 0 Å². The number of hydrogen-bond acceptors (Lipinski definition) is 4. The van der Waals surface area contributed by atoms with Crippen molar-refractivity contribution in [2.24, 2.45) is 5.10 Å². The molecule has 4 rings (SSSR count). The summed E-state index contributed by atoms with van der Waals surface area (Å²) in [5, 5.41) is 5.60. The van der Waals surface area contributed by atoms with E-state index in [1.165, 1.54) is 12.1 Å². The molecule has 0 atom stereocenters. The second kappa shape index (κ2) is 9.56. The predicted molar refractivity (Wildman–Crippen MR) is 126 cm³/mol. The van der Waals surface area contributed by atoms with Crippen molar-refractivity contribution in [1.82, 2.24) is 9.99 Å². The van der Waals surface area contributed by atoms with Gasteiger partial charge in [-0.1, -0.05) is 36.4 Å². The minimum Gasteiger partial charge on any atom is -0.493 e. The summed E-state index contributed by atoms with van der Waals surface area (Å²) in [7, 11) is 3.24. The molecule has 0 aliphatic carbocycles. The van der Waals surface area contributed by atoms with Gasteiger partial charge in [-0.3, -0.25) is 0 Å². The minimum absolute atomic E-state index is 0.226. The molecule has 1 aromatic heterocycles. The Morgan fingerprint density at radius 2 is 1.66 bits per heavy atom. The molecule has 0 unspecified atom stereocenters. The molecular formula is C26H26FN3O2. The molecule has 0 aliphatic rings. The molecule has 5 nitrogen and oxygen atoms in total. The zero-order chi connectivity index (χ0) is 22.5. The average molecular weight is 432 g/mol. The van der Waals surface area contributed by atoms with Crippen LogP contribution in [0.25, 0.3) is 10.9 Å². The first-order valence-electron chi connectivity index (χ1n) is 10.4. The summed E-state index contributed by atoms with van der Waals surface area (Å²) in [6.45, 7) is 3.31. The highest BCUT2D eigenvalue weighted by Gasteiger charge is 2.13. The molecule has 0 fully saturated rings. The van der Waals surface area contributed by atoms with Crippen molar-refractivity contribution in [3.8, 4) is 11.5 Å². The molecule has 0 radical (unpaired) electrons. The maximum absolute atomic E-state index is 13.3. The van der Waals surface area contributed by atoms with Crippen molar-refractivity contribution in [2.45, 2.75) is 20.0 Å². The van der Waals surface area contributed by atoms with Crippen LogP contribution in [0.1, 0.15) is 22.4 Å². The van der Waals surface area contributed by atoms with E-state index in [4.69, 9.17) is 9.47 Å². The Hall–Kier alpha value is -3.80. The lowest BCUT2D eigenvalue weighted by molar-refractivity contribution is 0.354. The van der Waals surface area contributed by atoms with Gasteiger partial charge in [0.05, 0.1) is 27.0 Å². The second-order valence-electron chi connectivity index (χ2n) is 7.51. The Balaban J connectivity index is 1.55. The summed E-state index contributed by atoms with van der Waals surface area (Å²) in [6, 6.07) is 20.7. The maximum Gasteiger partial charge on any atom is 0.161 e. The molecule has 1 N–H and O–H groups in total. The van der Waals surface area contributed by atoms with Crippen LogP contribution in [-0.2, 0) is 13.1 Å². The number of nitrogens with one attached hydrogen (secondary N) is 1. The SMILES string of the molecule is COc1ccc(CN/N=C\c2c(C)n(Cc3ccc(F)cc3)c3ccccc23)cc1OC. The number of hydrazone groups is 1. The Labute approximate surface area is 187 Å². The molecule has 0 saturated heterocycles. The van der Waals surface area contributed by atoms with Crippen molar-refractivity contribution in [3.05, 3.63) is 94.9 Å². The lowest BCUT2D eigenvalue weighted by Gasteiger charge is -2.09. The van der Waals surface area contributed by atoms with Crippen LogP contribution >= 0.6 is 0 Å². The van der Waals surface area contributed by atoms with Crippen molar-refractivity contribution in [2.75, 3.05) is 14.2 Å². The molecule has 4 aromatic rings. The van der Waals surface area contributed by atoms with Crippen molar-refractivity contribution in [3.63, 3.8) is 0 Å². The third kappa shape index (κ3) is 4.44. The molecule has 0 aliphatic heterocycles. The van der Waals surface area contributed by atoms with Crippen molar-refractivity contribution < 1.29 is 13.9 Å². The van der Waals surface area contributed by atoms with Gasteiger partial charge < -0.3 is 19.5 Å². The van der Waals surface area contributed by atoms with Gasteiger partial charge >= 0.3 is 0 Å². The van der Waals surface area contributed by atoms with Crippen molar-refractivity contribution in [1.29, 1.82) is 0 Å². The third-order valence-electron chi connectivity index (χ3n) is 5.55. The van der Waals surface area contributed by atoms with Crippen LogP contribution in [0.15, 0.2) is 71.8 Å². The van der Waals surface area contributed by atoms with Gasteiger partial charge in [-0.05, 0) is 48.4 Å². The summed E-state index contributed by atoms with van der Waals surface area (Å²) < 4.78 is 26.2. The molecule has 32 heavy (non-hydrogen) atoms. The fourth-order valence-electron chi connectivity index (χ4n) is 3.83. The van der Waals surface area contributed by atoms with E-state index < -0.39 is 0 Å². The summed E-state index contributed by atoms with van der Waals surface area (Å²) in [6.07, 6.45) is 1.86. The van der Waals surface area contributed by atoms with Crippen molar-refractivity contribution >= 4 is 17.1 Å². The zero-order valence-corrected chi connectivity index (χ0v) is 18.4. The van der Waals surface area contributed by atoms with Gasteiger partial charge in [0.15, 0.2) is 11.5 Å². The number of halogens is 1. The first-order chi connectivity index (χ1) is 15.6. The normalized spacial score (nSPS) is 11.2. The lowest BCUT2D eigenvalue weighted by Crippen LogP contribution is -2.06. The fourth-order valence-corrected chi connectivity index (χ4v) is 3.83. The van der Waals surface area contributed by atoms with E-state index in [1.807, 2.05) is 48.7 Å². The molecule has 0 bridgehead atoms. The van der Waals surface area contributed by atoms with Crippen LogP contribution in [-0.4, -0.2) is 25.0 Å². The molecular weight excluding hydrogens is 405 g/mol. The smallest absolute Gasteiger partial charge is 0.161 e. The summed E-state index contributed by atoms with van der Waals surface area (Å²) in [5.74, 6) is 1.16. The van der Waals surface area contributed by atoms with E-state index in [-0.39, 0.29) is 5.82 Å². The molecule has 1 heterocycles. The monoisotopic (exact) mass is 431 g/mol. The zero-order valence-electron chi connectivity index (χ0n) is 18.4. The quantitative estimate of drug-likeness (QED) is 0.305. The van der Waals surface area contributed by atoms with Crippen LogP contribution in [0, 0.1) is 12.7 Å². The molecule has 6 heteroatoms. The third-order valence-corrected chi connectivity index (χ3v) is 5.55. The average Bonchev–Trinajstić information content (AvgIpc) is 3.08. The van der Waals surface area contributed by atoms with Gasteiger partial charge in [0.2, 0.25) is 0 Å². The lowest BCUT2D eigenvalue weighted by atomic mass is 10.1. The number of methoxy groups -OCH3 is 2. The summed E-state index contributed by atoms with van der Waals surface area (Å²) in [4.78, 5) is 0. The van der Waals surface area contributed by atoms with E-state index >= 15 is 0 Å². The van der Waals surface area contributed by atoms with Gasteiger partial charge in [-0.25, -0.2) is 4.39 Å². The Morgan fingerprint density at radius 3 is 2.41 bits per heavy atom. The number of para-hydroxylation sites is 1. The Kier molecular flexibility index (Phi) is 6.40. The van der Waals surface area contributed by atoms with Gasteiger partial charge in [0.1, 0.15) is 5.82 Å². The van der Waals surface area contributed by atoms with Crippen LogP contribution in [0.2, 0.25) is 0 Å². The molecule has 164 valence electrons. The molecule has 0 amide bonds. The number of fused-ring (bicyclic) bond motifs is 1. The van der Waals surface area contributed by atoms with E-state index in [1.54, 1.807) is 14.2 Å². The Bertz CT molecular complexity index is 1250. The fraction of sp³-hybridized carbons (Fsp3) is 0.192. The first kappa shape index (κ1) is 21.4. The van der Waals surface area contributed by atoms with E-state index in [0.717, 1.165) is 33.3 Å². The predicted octanol–water partition coefficient (Wildman–Crippen LogP) is 5.28. The number of aromatic nitrogens is 1. The molecule has 3 aromatic carbocycles. The minimum atomic E-state index is -0.226. The van der Waals surface area contributed by atoms with Crippen LogP contribution in [0.3, 0.4) is 0 Å². The number of ether oxygens (including phenoxy) is 2. The van der Waals surface area contributed by atoms with Gasteiger partial charge in [0, 0.05) is 28.7 Å². The molecule has 0 saturated carbocycles. The van der Waals surface area contributed by atoms with Gasteiger partial charge in [-0.2, -0.15) is 5.10 Å². The Morgan fingerprint density at radius 1 is 0.938 bits per heavy atom. The number of rotatable bonds is 8. The highest BCUT2D eigenvalue weighted by atomic mass is 19.1. The van der Waals surface area contributed by atoms with Gasteiger partial charge in [-0.15, -0.1) is 0 Å². The highest BCUT2D eigenvalue weighted by Crippen LogP contribution is 2.28. The second-order valence-corrected chi connectivity index (χ2v) is 7.51. The number of hydrogen-bond donors (Lipinski definition) is 1. The van der Waals surface area contributed by atoms with Crippen LogP contribution < -0.4 is 14.9 Å². The maximum atomic E-state index is 13.3. The number of nitrogens with zero attached hydrogens (tertiary/aromatic N) is 2. The van der Waals surface area contributed by atoms with E-state index in [9.17, 15) is 4.39 Å². The number of benzene rings is 3.